The van der Waals surface area contributed by atoms with E-state index in [1.54, 1.807) is 0 Å². The van der Waals surface area contributed by atoms with E-state index in [-0.39, 0.29) is 18.1 Å². The molecular formula is C41H36N2OP2. The monoisotopic (exact) mass is 634 g/mol. The van der Waals surface area contributed by atoms with Gasteiger partial charge in [0.2, 0.25) is 0 Å². The normalized spacial score (nSPS) is 16.3. The molecule has 1 fully saturated rings. The van der Waals surface area contributed by atoms with Gasteiger partial charge in [0.25, 0.3) is 0 Å². The second-order valence-corrected chi connectivity index (χ2v) is 15.9. The summed E-state index contributed by atoms with van der Waals surface area (Å²) >= 11 is 0. The summed E-state index contributed by atoms with van der Waals surface area (Å²) in [7, 11) is -1.52. The summed E-state index contributed by atoms with van der Waals surface area (Å²) in [5, 5.41) is 5.31. The van der Waals surface area contributed by atoms with Gasteiger partial charge in [-0.25, -0.2) is 4.79 Å². The van der Waals surface area contributed by atoms with E-state index < -0.39 is 15.8 Å². The summed E-state index contributed by atoms with van der Waals surface area (Å²) in [6, 6.07) is 64.0. The zero-order chi connectivity index (χ0) is 31.1. The van der Waals surface area contributed by atoms with Crippen LogP contribution in [0.4, 0.5) is 16.2 Å². The quantitative estimate of drug-likeness (QED) is 0.140. The molecule has 0 N–H and O–H groups in total. The Hall–Kier alpha value is -4.55. The Labute approximate surface area is 274 Å². The van der Waals surface area contributed by atoms with Crippen LogP contribution in [0.3, 0.4) is 0 Å². The highest BCUT2D eigenvalue weighted by atomic mass is 31.1. The van der Waals surface area contributed by atoms with Crippen LogP contribution in [0.2, 0.25) is 0 Å². The number of urea groups is 1. The van der Waals surface area contributed by atoms with E-state index in [1.807, 2.05) is 36.4 Å². The lowest BCUT2D eigenvalue weighted by Gasteiger charge is -2.34. The molecule has 0 spiro atoms. The molecule has 6 aromatic carbocycles. The molecule has 6 aromatic rings. The molecule has 1 saturated heterocycles. The smallest absolute Gasteiger partial charge is 0.288 e. The first-order chi connectivity index (χ1) is 22.8. The molecule has 2 amide bonds. The molecule has 5 heteroatoms. The summed E-state index contributed by atoms with van der Waals surface area (Å²) < 4.78 is 0. The summed E-state index contributed by atoms with van der Waals surface area (Å²) in [6.07, 6.45) is 1.70. The van der Waals surface area contributed by atoms with Crippen molar-refractivity contribution in [2.45, 2.75) is 12.1 Å². The Morgan fingerprint density at radius 3 is 0.870 bits per heavy atom. The fourth-order valence-electron chi connectivity index (χ4n) is 6.46. The zero-order valence-electron chi connectivity index (χ0n) is 25.6. The van der Waals surface area contributed by atoms with Crippen molar-refractivity contribution in [2.24, 2.45) is 0 Å². The minimum absolute atomic E-state index is 0.0412. The number of carbonyl (C=O) groups is 1. The molecular weight excluding hydrogens is 598 g/mol. The maximum absolute atomic E-state index is 14.9. The van der Waals surface area contributed by atoms with E-state index in [4.69, 9.17) is 0 Å². The standard InChI is InChI=1S/C41H36N2OP2/c44-41-42(33-19-7-1-8-20-33)39(31-45(35-23-11-3-12-24-35)36-25-13-4-14-26-36)40(43(41)34-21-9-2-10-22-34)32-46(37-27-15-5-16-28-37)38-29-17-6-18-30-38/h1-30,39-40H,31-32H2/t39-,40-/m1/s1. The third kappa shape index (κ3) is 6.40. The number of carbonyl (C=O) groups excluding carboxylic acids is 1. The summed E-state index contributed by atoms with van der Waals surface area (Å²) in [5.74, 6) is 0. The van der Waals surface area contributed by atoms with Crippen LogP contribution in [0.1, 0.15) is 0 Å². The Bertz CT molecular complexity index is 1610. The van der Waals surface area contributed by atoms with Gasteiger partial charge in [-0.1, -0.05) is 158 Å². The van der Waals surface area contributed by atoms with Crippen LogP contribution in [0.5, 0.6) is 0 Å². The number of para-hydroxylation sites is 2. The Morgan fingerprint density at radius 1 is 0.370 bits per heavy atom. The van der Waals surface area contributed by atoms with Crippen molar-refractivity contribution in [1.82, 2.24) is 0 Å². The molecule has 1 aliphatic rings. The maximum atomic E-state index is 14.9. The summed E-state index contributed by atoms with van der Waals surface area (Å²) in [4.78, 5) is 19.1. The van der Waals surface area contributed by atoms with Crippen molar-refractivity contribution in [1.29, 1.82) is 0 Å². The van der Waals surface area contributed by atoms with Gasteiger partial charge in [0.05, 0.1) is 12.1 Å². The first-order valence-electron chi connectivity index (χ1n) is 15.8. The Kier molecular flexibility index (Phi) is 9.34. The first-order valence-corrected chi connectivity index (χ1v) is 18.8. The van der Waals surface area contributed by atoms with E-state index in [1.165, 1.54) is 21.2 Å². The van der Waals surface area contributed by atoms with Crippen molar-refractivity contribution < 1.29 is 4.79 Å². The molecule has 0 unspecified atom stereocenters. The third-order valence-electron chi connectivity index (χ3n) is 8.60. The summed E-state index contributed by atoms with van der Waals surface area (Å²) in [6.45, 7) is 0. The summed E-state index contributed by atoms with van der Waals surface area (Å²) in [5.41, 5.74) is 1.89. The molecule has 0 aliphatic carbocycles. The largest absolute Gasteiger partial charge is 0.329 e. The molecule has 0 bridgehead atoms. The molecule has 7 rings (SSSR count). The number of amides is 2. The fraction of sp³-hybridized carbons (Fsp3) is 0.0976. The van der Waals surface area contributed by atoms with Gasteiger partial charge in [0, 0.05) is 11.4 Å². The predicted octanol–water partition coefficient (Wildman–Crippen LogP) is 8.14. The molecule has 1 heterocycles. The zero-order valence-corrected chi connectivity index (χ0v) is 27.4. The highest BCUT2D eigenvalue weighted by Crippen LogP contribution is 2.45. The van der Waals surface area contributed by atoms with Crippen molar-refractivity contribution in [2.75, 3.05) is 22.1 Å². The van der Waals surface area contributed by atoms with E-state index in [0.717, 1.165) is 23.7 Å². The van der Waals surface area contributed by atoms with Gasteiger partial charge in [0.15, 0.2) is 0 Å². The molecule has 0 aromatic heterocycles. The van der Waals surface area contributed by atoms with Crippen LogP contribution >= 0.6 is 15.8 Å². The molecule has 46 heavy (non-hydrogen) atoms. The van der Waals surface area contributed by atoms with Crippen LogP contribution in [0, 0.1) is 0 Å². The second kappa shape index (κ2) is 14.3. The van der Waals surface area contributed by atoms with Crippen LogP contribution in [-0.2, 0) is 0 Å². The van der Waals surface area contributed by atoms with E-state index in [2.05, 4.69) is 155 Å². The first kappa shape index (κ1) is 30.1. The maximum Gasteiger partial charge on any atom is 0.329 e. The third-order valence-corrected chi connectivity index (χ3v) is 13.8. The van der Waals surface area contributed by atoms with Gasteiger partial charge >= 0.3 is 6.03 Å². The highest BCUT2D eigenvalue weighted by molar-refractivity contribution is 7.73. The van der Waals surface area contributed by atoms with Gasteiger partial charge in [-0.05, 0) is 73.7 Å². The molecule has 0 saturated carbocycles. The SMILES string of the molecule is O=C1N(c2ccccc2)[C@H](CP(c2ccccc2)c2ccccc2)[C@@H](CP(c2ccccc2)c2ccccc2)N1c1ccccc1. The van der Waals surface area contributed by atoms with Crippen molar-refractivity contribution in [3.05, 3.63) is 182 Å². The second-order valence-electron chi connectivity index (χ2n) is 11.4. The lowest BCUT2D eigenvalue weighted by atomic mass is 10.1. The molecule has 226 valence electrons. The van der Waals surface area contributed by atoms with E-state index in [0.29, 0.717) is 0 Å². The number of benzene rings is 6. The van der Waals surface area contributed by atoms with Crippen molar-refractivity contribution in [3.8, 4) is 0 Å². The highest BCUT2D eigenvalue weighted by Gasteiger charge is 2.49. The topological polar surface area (TPSA) is 23.6 Å². The number of hydrogen-bond donors (Lipinski definition) is 0. The number of nitrogens with zero attached hydrogens (tertiary/aromatic N) is 2. The molecule has 1 aliphatic heterocycles. The van der Waals surface area contributed by atoms with Gasteiger partial charge in [-0.3, -0.25) is 9.80 Å². The van der Waals surface area contributed by atoms with Crippen molar-refractivity contribution in [3.63, 3.8) is 0 Å². The molecule has 2 atom stereocenters. The van der Waals surface area contributed by atoms with Crippen LogP contribution in [0.15, 0.2) is 182 Å². The van der Waals surface area contributed by atoms with Crippen LogP contribution in [0.25, 0.3) is 0 Å². The Balaban J connectivity index is 1.40. The number of hydrogen-bond acceptors (Lipinski definition) is 1. The lowest BCUT2D eigenvalue weighted by molar-refractivity contribution is 0.255. The van der Waals surface area contributed by atoms with E-state index in [9.17, 15) is 4.79 Å². The van der Waals surface area contributed by atoms with Gasteiger partial charge in [0.1, 0.15) is 0 Å². The average molecular weight is 635 g/mol. The van der Waals surface area contributed by atoms with Gasteiger partial charge in [-0.15, -0.1) is 0 Å². The van der Waals surface area contributed by atoms with Crippen LogP contribution in [-0.4, -0.2) is 30.4 Å². The van der Waals surface area contributed by atoms with Crippen molar-refractivity contribution >= 4 is 54.5 Å². The minimum Gasteiger partial charge on any atom is -0.288 e. The minimum atomic E-state index is -0.759. The lowest BCUT2D eigenvalue weighted by Crippen LogP contribution is -2.44. The molecule has 3 nitrogen and oxygen atoms in total. The van der Waals surface area contributed by atoms with Gasteiger partial charge < -0.3 is 0 Å². The Morgan fingerprint density at radius 2 is 0.609 bits per heavy atom. The molecule has 0 radical (unpaired) electrons. The predicted molar refractivity (Wildman–Crippen MR) is 199 cm³/mol. The number of anilines is 2. The number of rotatable bonds is 10. The van der Waals surface area contributed by atoms with Crippen LogP contribution < -0.4 is 31.0 Å². The van der Waals surface area contributed by atoms with Gasteiger partial charge in [-0.2, -0.15) is 0 Å². The average Bonchev–Trinajstić information content (AvgIpc) is 3.41. The fourth-order valence-corrected chi connectivity index (χ4v) is 11.6. The van der Waals surface area contributed by atoms with E-state index >= 15 is 0 Å².